The van der Waals surface area contributed by atoms with Crippen molar-refractivity contribution in [3.63, 3.8) is 0 Å². The van der Waals surface area contributed by atoms with Crippen molar-refractivity contribution < 1.29 is 198 Å². The zero-order chi connectivity index (χ0) is 37.6. The molecule has 0 bridgehead atoms. The zero-order valence-corrected chi connectivity index (χ0v) is 35.5. The summed E-state index contributed by atoms with van der Waals surface area (Å²) >= 11 is 0. The first-order valence-corrected chi connectivity index (χ1v) is 11.3. The van der Waals surface area contributed by atoms with Gasteiger partial charge in [0.2, 0.25) is 0 Å². The quantitative estimate of drug-likeness (QED) is 0.0483. The maximum Gasteiger partial charge on any atom is 3.00 e. The van der Waals surface area contributed by atoms with E-state index in [1.807, 2.05) is 0 Å². The Morgan fingerprint density at radius 1 is 0.280 bits per heavy atom. The normalized spacial score (nSPS) is 6.40. The van der Waals surface area contributed by atoms with Crippen LogP contribution in [0.2, 0.25) is 0 Å². The van der Waals surface area contributed by atoms with Crippen LogP contribution in [0.5, 0.6) is 0 Å². The van der Waals surface area contributed by atoms with Crippen LogP contribution in [-0.2, 0) is 99.8 Å². The molecule has 0 atom stereocenters. The van der Waals surface area contributed by atoms with E-state index >= 15 is 0 Å². The third kappa shape index (κ3) is 35200. The van der Waals surface area contributed by atoms with E-state index < -0.39 is 67.7 Å². The van der Waals surface area contributed by atoms with E-state index in [0.717, 1.165) is 0 Å². The molecule has 0 spiro atoms. The molecule has 2 radical (unpaired) electrons. The third-order valence-electron chi connectivity index (χ3n) is 0. The van der Waals surface area contributed by atoms with Crippen LogP contribution in [0.15, 0.2) is 0 Å². The molecule has 0 saturated heterocycles. The van der Waals surface area contributed by atoms with Crippen molar-refractivity contribution in [1.82, 2.24) is 0 Å². The molecule has 0 amide bonds. The molecular weight excluding hydrogens is 1100 g/mol. The number of hydrogen-bond acceptors (Lipinski definition) is 24. The topological polar surface area (TPSA) is 692 Å². The van der Waals surface area contributed by atoms with Gasteiger partial charge in [-0.05, 0) is 103 Å². The molecule has 0 aromatic heterocycles. The summed E-state index contributed by atoms with van der Waals surface area (Å²) < 4.78 is 67.9. The van der Waals surface area contributed by atoms with Crippen molar-refractivity contribution in [3.8, 4) is 0 Å². The van der Waals surface area contributed by atoms with Crippen molar-refractivity contribution in [2.24, 2.45) is 0 Å². The Hall–Kier alpha value is -1.65. The second-order valence-corrected chi connectivity index (χ2v) is 6.72. The summed E-state index contributed by atoms with van der Waals surface area (Å²) in [4.78, 5) is 0. The van der Waals surface area contributed by atoms with Crippen LogP contribution in [0.3, 0.4) is 0 Å². The van der Waals surface area contributed by atoms with Gasteiger partial charge in [0.15, 0.2) is 0 Å². The second-order valence-electron chi connectivity index (χ2n) is 5.21. The summed E-state index contributed by atoms with van der Waals surface area (Å²) in [5.74, 6) is -4.67. The summed E-state index contributed by atoms with van der Waals surface area (Å²) in [6.07, 6.45) is 0. The van der Waals surface area contributed by atoms with Gasteiger partial charge >= 0.3 is 77.9 Å². The van der Waals surface area contributed by atoms with E-state index in [9.17, 15) is 0 Å². The van der Waals surface area contributed by atoms with Gasteiger partial charge in [-0.1, -0.05) is 0 Å². The van der Waals surface area contributed by atoms with Gasteiger partial charge < -0.3 is 106 Å². The first-order valence-electron chi connectivity index (χ1n) is 8.87. The first kappa shape index (κ1) is 118. The zero-order valence-electron chi connectivity index (χ0n) is 27.0. The summed E-state index contributed by atoms with van der Waals surface area (Å²) in [7, 11) is -9.89. The van der Waals surface area contributed by atoms with Crippen LogP contribution in [0.1, 0.15) is 55.4 Å². The van der Waals surface area contributed by atoms with E-state index in [1.54, 1.807) is 0 Å². The summed E-state index contributed by atoms with van der Waals surface area (Å²) in [6, 6.07) is 0. The van der Waals surface area contributed by atoms with Gasteiger partial charge in [-0.3, -0.25) is 0 Å². The number of halogens is 2. The molecule has 34 heteroatoms. The van der Waals surface area contributed by atoms with Crippen molar-refractivity contribution >= 4 is 47.2 Å². The van der Waals surface area contributed by atoms with E-state index in [0.29, 0.717) is 0 Å². The van der Waals surface area contributed by atoms with Gasteiger partial charge in [0.25, 0.3) is 0 Å². The van der Waals surface area contributed by atoms with Crippen molar-refractivity contribution in [1.29, 1.82) is 43.3 Å². The van der Waals surface area contributed by atoms with Crippen LogP contribution >= 0.6 is 0 Å². The van der Waals surface area contributed by atoms with Gasteiger partial charge in [-0.15, -0.1) is 20.5 Å². The molecule has 0 rings (SSSR count). The number of hydrogen-bond donors (Lipinski definition) is 8. The smallest absolute Gasteiger partial charge is 0.862 e. The Morgan fingerprint density at radius 3 is 0.280 bits per heavy atom. The molecule has 0 fully saturated rings. The van der Waals surface area contributed by atoms with Crippen LogP contribution in [0, 0.1) is 63.8 Å². The van der Waals surface area contributed by atoms with Crippen molar-refractivity contribution in [2.45, 2.75) is 55.4 Å². The van der Waals surface area contributed by atoms with Crippen LogP contribution < -0.4 is 78.1 Å². The third-order valence-corrected chi connectivity index (χ3v) is 0. The molecule has 0 aliphatic heterocycles. The molecule has 0 aliphatic carbocycles. The van der Waals surface area contributed by atoms with Crippen molar-refractivity contribution in [2.75, 3.05) is 0 Å². The maximum atomic E-state index is 9.11. The fourth-order valence-corrected chi connectivity index (χ4v) is 0. The number of nitrogens with one attached hydrogen (secondary N) is 8. The van der Waals surface area contributed by atoms with Gasteiger partial charge in [0, 0.05) is 0 Å². The van der Waals surface area contributed by atoms with Gasteiger partial charge in [0.05, 0.1) is 0 Å². The first-order chi connectivity index (χ1) is 17.9. The summed E-state index contributed by atoms with van der Waals surface area (Å²) in [6.45, 7) is 9.56. The Morgan fingerprint density at radius 2 is 0.280 bits per heavy atom. The van der Waals surface area contributed by atoms with Crippen molar-refractivity contribution in [3.05, 3.63) is 0 Å². The molecule has 20 N–H and O–H groups in total. The SMILES string of the molecule is CC(=N)[O-].CC(=N)[O-].CC(=N)[O-].CC(=N)[O-].CC(=N)[O-].CC(=N)[O-].CC(=N)[O-].CC(=N)[O-].[O-][Cl+3]([O-])([O-])[O-].[O-][Cl+3]([O-])([O-])[O-].[OH3+].[OH3+].[OH3+].[OH3+].[Ru+2].[Ru+2].[Ru+3].[Ru+3]. The Kier molecular flexibility index (Phi) is 203. The van der Waals surface area contributed by atoms with E-state index in [1.165, 1.54) is 55.4 Å². The molecular formula is C16H44Cl2N8O20Ru4+4. The van der Waals surface area contributed by atoms with E-state index in [-0.39, 0.29) is 99.8 Å². The average molecular weight is 1140 g/mol. The van der Waals surface area contributed by atoms with Crippen LogP contribution in [0.25, 0.3) is 0 Å². The monoisotopic (exact) mass is 1150 g/mol. The van der Waals surface area contributed by atoms with E-state index in [4.69, 9.17) is 121 Å². The predicted molar refractivity (Wildman–Crippen MR) is 127 cm³/mol. The largest absolute Gasteiger partial charge is 3.00 e. The molecule has 0 unspecified atom stereocenters. The van der Waals surface area contributed by atoms with Gasteiger partial charge in [0.1, 0.15) is 0 Å². The molecule has 50 heavy (non-hydrogen) atoms. The Balaban J connectivity index is -0.0000000140. The van der Waals surface area contributed by atoms with Crippen LogP contribution in [0.4, 0.5) is 0 Å². The molecule has 310 valence electrons. The minimum absolute atomic E-state index is 0. The van der Waals surface area contributed by atoms with Gasteiger partial charge in [-0.25, -0.2) is 37.3 Å². The Labute approximate surface area is 342 Å². The average Bonchev–Trinajstić information content (AvgIpc) is 2.45. The standard InChI is InChI=1S/8C2H5NO.2ClHO4.4H2O.4Ru/c8*1-2(3)4;2*2-1(3,4)5;;;;;;;;/h8*1H3,(H2,3,4);2*(H,2,3,4,5);4*1H2;;;;/q;;;;;;;;;;;;;;2*+2;2*+3/p-6. The summed E-state index contributed by atoms with van der Waals surface area (Å²) in [5.41, 5.74) is 0. The fourth-order valence-electron chi connectivity index (χ4n) is 0. The molecule has 28 nitrogen and oxygen atoms in total. The molecule has 0 aliphatic rings. The summed E-state index contributed by atoms with van der Waals surface area (Å²) in [5, 5.41) is 120. The maximum absolute atomic E-state index is 9.11. The molecule has 0 aromatic rings. The molecule has 0 heterocycles. The van der Waals surface area contributed by atoms with Gasteiger partial charge in [-0.2, -0.15) is 0 Å². The van der Waals surface area contributed by atoms with E-state index in [2.05, 4.69) is 0 Å². The fraction of sp³-hybridized carbons (Fsp3) is 0.500. The Bertz CT molecular complexity index is 556. The minimum atomic E-state index is -4.94. The molecule has 0 aromatic carbocycles. The molecule has 0 saturated carbocycles. The van der Waals surface area contributed by atoms with Crippen LogP contribution in [-0.4, -0.2) is 47.2 Å². The second kappa shape index (κ2) is 86.2. The number of rotatable bonds is 0. The predicted octanol–water partition coefficient (Wildman–Crippen LogP) is -18.5. The minimum Gasteiger partial charge on any atom is -0.862 e.